The highest BCUT2D eigenvalue weighted by atomic mass is 32.2. The van der Waals surface area contributed by atoms with Crippen molar-refractivity contribution in [2.24, 2.45) is 10.9 Å². The van der Waals surface area contributed by atoms with Crippen molar-refractivity contribution in [3.63, 3.8) is 0 Å². The summed E-state index contributed by atoms with van der Waals surface area (Å²) in [5.41, 5.74) is 1.20. The van der Waals surface area contributed by atoms with Gasteiger partial charge in [0.2, 0.25) is 0 Å². The molecule has 1 aromatic heterocycles. The van der Waals surface area contributed by atoms with Crippen LogP contribution in [0, 0.1) is 12.8 Å². The molecule has 0 spiro atoms. The molecule has 5 nitrogen and oxygen atoms in total. The van der Waals surface area contributed by atoms with E-state index in [2.05, 4.69) is 63.8 Å². The monoisotopic (exact) mass is 357 g/mol. The van der Waals surface area contributed by atoms with E-state index in [-0.39, 0.29) is 0 Å². The number of aliphatic imine (C=N–C) groups is 1. The number of benzene rings is 1. The average Bonchev–Trinajstić information content (AvgIpc) is 3.27. The minimum Gasteiger partial charge on any atom is -0.354 e. The molecule has 1 unspecified atom stereocenters. The van der Waals surface area contributed by atoms with Crippen molar-refractivity contribution < 1.29 is 0 Å². The van der Waals surface area contributed by atoms with E-state index in [0.717, 1.165) is 38.1 Å². The van der Waals surface area contributed by atoms with Gasteiger partial charge in [-0.1, -0.05) is 18.2 Å². The smallest absolute Gasteiger partial charge is 0.193 e. The molecular weight excluding hydrogens is 330 g/mol. The molecule has 134 valence electrons. The molecule has 3 rings (SSSR count). The minimum atomic E-state index is 0.720. The zero-order valence-corrected chi connectivity index (χ0v) is 15.9. The van der Waals surface area contributed by atoms with Gasteiger partial charge in [0.15, 0.2) is 5.96 Å². The van der Waals surface area contributed by atoms with Gasteiger partial charge in [-0.15, -0.1) is 11.8 Å². The van der Waals surface area contributed by atoms with Crippen LogP contribution in [0.2, 0.25) is 0 Å². The quantitative estimate of drug-likeness (QED) is 0.491. The Kier molecular flexibility index (Phi) is 6.39. The highest BCUT2D eigenvalue weighted by Crippen LogP contribution is 2.25. The van der Waals surface area contributed by atoms with Crippen LogP contribution >= 0.6 is 11.8 Å². The number of nitrogens with zero attached hydrogens (tertiary/aromatic N) is 4. The van der Waals surface area contributed by atoms with Crippen LogP contribution in [0.15, 0.2) is 52.6 Å². The molecule has 0 saturated carbocycles. The van der Waals surface area contributed by atoms with Crippen LogP contribution in [0.5, 0.6) is 0 Å². The lowest BCUT2D eigenvalue weighted by Gasteiger charge is -2.21. The molecule has 0 amide bonds. The molecule has 1 aromatic carbocycles. The Balaban J connectivity index is 1.41. The normalized spacial score (nSPS) is 17.9. The molecule has 1 aliphatic heterocycles. The van der Waals surface area contributed by atoms with Crippen molar-refractivity contribution in [2.45, 2.75) is 24.8 Å². The molecule has 2 aromatic rings. The summed E-state index contributed by atoms with van der Waals surface area (Å²) in [6.45, 7) is 5.93. The first kappa shape index (κ1) is 17.9. The van der Waals surface area contributed by atoms with E-state index in [1.807, 2.05) is 29.7 Å². The molecule has 1 N–H and O–H groups in total. The van der Waals surface area contributed by atoms with Crippen molar-refractivity contribution >= 4 is 17.7 Å². The highest BCUT2D eigenvalue weighted by Gasteiger charge is 2.24. The summed E-state index contributed by atoms with van der Waals surface area (Å²) >= 11 is 1.96. The lowest BCUT2D eigenvalue weighted by molar-refractivity contribution is 0.468. The number of likely N-dealkylation sites (tertiary alicyclic amines) is 1. The number of hydrogen-bond acceptors (Lipinski definition) is 3. The molecule has 25 heavy (non-hydrogen) atoms. The van der Waals surface area contributed by atoms with Crippen LogP contribution in [0.3, 0.4) is 0 Å². The summed E-state index contributed by atoms with van der Waals surface area (Å²) in [5.74, 6) is 2.90. The molecule has 0 bridgehead atoms. The second-order valence-electron chi connectivity index (χ2n) is 6.48. The van der Waals surface area contributed by atoms with E-state index in [9.17, 15) is 0 Å². The van der Waals surface area contributed by atoms with Gasteiger partial charge >= 0.3 is 0 Å². The third kappa shape index (κ3) is 5.26. The zero-order valence-electron chi connectivity index (χ0n) is 15.1. The largest absolute Gasteiger partial charge is 0.354 e. The topological polar surface area (TPSA) is 45.5 Å². The maximum Gasteiger partial charge on any atom is 0.193 e. The Morgan fingerprint density at radius 2 is 2.20 bits per heavy atom. The maximum absolute atomic E-state index is 4.45. The van der Waals surface area contributed by atoms with Crippen LogP contribution in [0.25, 0.3) is 0 Å². The fourth-order valence-corrected chi connectivity index (χ4v) is 4.15. The van der Waals surface area contributed by atoms with Crippen molar-refractivity contribution in [1.29, 1.82) is 0 Å². The van der Waals surface area contributed by atoms with Crippen LogP contribution in [0.4, 0.5) is 0 Å². The number of aromatic nitrogens is 2. The van der Waals surface area contributed by atoms with Crippen molar-refractivity contribution in [2.75, 3.05) is 32.4 Å². The Hall–Kier alpha value is -1.95. The van der Waals surface area contributed by atoms with Crippen molar-refractivity contribution in [3.05, 3.63) is 48.3 Å². The van der Waals surface area contributed by atoms with Gasteiger partial charge in [0.1, 0.15) is 0 Å². The van der Waals surface area contributed by atoms with E-state index >= 15 is 0 Å². The van der Waals surface area contributed by atoms with E-state index in [4.69, 9.17) is 0 Å². The summed E-state index contributed by atoms with van der Waals surface area (Å²) < 4.78 is 1.97. The van der Waals surface area contributed by atoms with E-state index in [1.54, 1.807) is 0 Å². The number of thioether (sulfide) groups is 1. The van der Waals surface area contributed by atoms with Crippen LogP contribution in [-0.4, -0.2) is 53.1 Å². The molecule has 1 fully saturated rings. The molecule has 0 aliphatic carbocycles. The van der Waals surface area contributed by atoms with E-state index < -0.39 is 0 Å². The Labute approximate surface area is 154 Å². The van der Waals surface area contributed by atoms with Crippen LogP contribution < -0.4 is 5.32 Å². The molecule has 1 aliphatic rings. The fraction of sp³-hybridized carbons (Fsp3) is 0.474. The summed E-state index contributed by atoms with van der Waals surface area (Å²) in [6, 6.07) is 10.7. The third-order valence-corrected chi connectivity index (χ3v) is 5.66. The van der Waals surface area contributed by atoms with Gasteiger partial charge in [-0.05, 0) is 37.0 Å². The fourth-order valence-electron chi connectivity index (χ4n) is 3.10. The zero-order chi connectivity index (χ0) is 17.5. The third-order valence-electron chi connectivity index (χ3n) is 4.41. The predicted octanol–water partition coefficient (Wildman–Crippen LogP) is 2.88. The SMILES string of the molecule is CN=C(NCCn1cc(C)cn1)N1CCC(CSc2ccccc2)C1. The Bertz CT molecular complexity index is 682. The first-order valence-corrected chi connectivity index (χ1v) is 9.85. The van der Waals surface area contributed by atoms with Gasteiger partial charge in [-0.2, -0.15) is 5.10 Å². The number of rotatable bonds is 6. The summed E-state index contributed by atoms with van der Waals surface area (Å²) in [5, 5.41) is 7.79. The second kappa shape index (κ2) is 8.94. The predicted molar refractivity (Wildman–Crippen MR) is 105 cm³/mol. The Morgan fingerprint density at radius 3 is 2.92 bits per heavy atom. The Morgan fingerprint density at radius 1 is 1.36 bits per heavy atom. The molecule has 1 atom stereocenters. The molecule has 1 saturated heterocycles. The van der Waals surface area contributed by atoms with Crippen molar-refractivity contribution in [3.8, 4) is 0 Å². The summed E-state index contributed by atoms with van der Waals surface area (Å²) in [7, 11) is 1.87. The molecule has 2 heterocycles. The number of hydrogen-bond donors (Lipinski definition) is 1. The minimum absolute atomic E-state index is 0.720. The number of aryl methyl sites for hydroxylation is 1. The summed E-state index contributed by atoms with van der Waals surface area (Å²) in [6.07, 6.45) is 5.19. The van der Waals surface area contributed by atoms with Gasteiger partial charge in [-0.3, -0.25) is 9.67 Å². The average molecular weight is 358 g/mol. The van der Waals surface area contributed by atoms with E-state index in [0.29, 0.717) is 0 Å². The standard InChI is InChI=1S/C19H27N5S/c1-16-12-22-24(13-16)11-9-21-19(20-2)23-10-8-17(14-23)15-25-18-6-4-3-5-7-18/h3-7,12-13,17H,8-11,14-15H2,1-2H3,(H,20,21). The second-order valence-corrected chi connectivity index (χ2v) is 7.57. The molecule has 6 heteroatoms. The van der Waals surface area contributed by atoms with E-state index in [1.165, 1.54) is 22.6 Å². The first-order chi connectivity index (χ1) is 12.2. The first-order valence-electron chi connectivity index (χ1n) is 8.87. The highest BCUT2D eigenvalue weighted by molar-refractivity contribution is 7.99. The van der Waals surface area contributed by atoms with Gasteiger partial charge in [-0.25, -0.2) is 0 Å². The van der Waals surface area contributed by atoms with Gasteiger partial charge in [0, 0.05) is 43.5 Å². The lowest BCUT2D eigenvalue weighted by atomic mass is 10.2. The maximum atomic E-state index is 4.45. The van der Waals surface area contributed by atoms with Gasteiger partial charge < -0.3 is 10.2 Å². The van der Waals surface area contributed by atoms with Crippen LogP contribution in [0.1, 0.15) is 12.0 Å². The number of nitrogens with one attached hydrogen (secondary N) is 1. The van der Waals surface area contributed by atoms with Gasteiger partial charge in [0.25, 0.3) is 0 Å². The van der Waals surface area contributed by atoms with Gasteiger partial charge in [0.05, 0.1) is 12.7 Å². The van der Waals surface area contributed by atoms with Crippen LogP contribution in [-0.2, 0) is 6.54 Å². The number of guanidine groups is 1. The lowest BCUT2D eigenvalue weighted by Crippen LogP contribution is -2.41. The summed E-state index contributed by atoms with van der Waals surface area (Å²) in [4.78, 5) is 8.19. The molecular formula is C19H27N5S. The van der Waals surface area contributed by atoms with Crippen molar-refractivity contribution in [1.82, 2.24) is 20.0 Å². The molecule has 0 radical (unpaired) electrons.